The zero-order valence-electron chi connectivity index (χ0n) is 16.2. The van der Waals surface area contributed by atoms with Gasteiger partial charge in [-0.1, -0.05) is 49.0 Å². The van der Waals surface area contributed by atoms with E-state index in [1.165, 1.54) is 18.4 Å². The molecule has 4 rings (SSSR count). The number of nitrogens with zero attached hydrogens (tertiary/aromatic N) is 4. The normalized spacial score (nSPS) is 19.3. The van der Waals surface area contributed by atoms with E-state index in [-0.39, 0.29) is 11.2 Å². The maximum absolute atomic E-state index is 12.9. The first-order valence-corrected chi connectivity index (χ1v) is 10.9. The van der Waals surface area contributed by atoms with Crippen molar-refractivity contribution in [2.45, 2.75) is 62.4 Å². The molecule has 0 unspecified atom stereocenters. The zero-order chi connectivity index (χ0) is 18.8. The third-order valence-corrected chi connectivity index (χ3v) is 6.66. The molecule has 0 spiro atoms. The van der Waals surface area contributed by atoms with Gasteiger partial charge in [-0.2, -0.15) is 0 Å². The van der Waals surface area contributed by atoms with Crippen LogP contribution in [0.3, 0.4) is 0 Å². The van der Waals surface area contributed by atoms with Crippen LogP contribution < -0.4 is 0 Å². The number of thioether (sulfide) groups is 1. The van der Waals surface area contributed by atoms with E-state index < -0.39 is 0 Å². The molecule has 6 heteroatoms. The molecule has 1 aliphatic heterocycles. The lowest BCUT2D eigenvalue weighted by atomic mass is 9.99. The van der Waals surface area contributed by atoms with E-state index in [2.05, 4.69) is 46.0 Å². The Labute approximate surface area is 165 Å². The minimum Gasteiger partial charge on any atom is -0.342 e. The van der Waals surface area contributed by atoms with Gasteiger partial charge in [-0.15, -0.1) is 10.2 Å². The highest BCUT2D eigenvalue weighted by Gasteiger charge is 2.32. The Bertz CT molecular complexity index is 779. The van der Waals surface area contributed by atoms with Crippen LogP contribution in [0.2, 0.25) is 0 Å². The van der Waals surface area contributed by atoms with Gasteiger partial charge in [0, 0.05) is 19.0 Å². The van der Waals surface area contributed by atoms with Gasteiger partial charge in [0.25, 0.3) is 0 Å². The summed E-state index contributed by atoms with van der Waals surface area (Å²) in [5, 5.41) is 9.67. The Kier molecular flexibility index (Phi) is 5.53. The molecule has 5 nitrogen and oxygen atoms in total. The molecule has 1 atom stereocenters. The number of benzene rings is 1. The molecule has 1 aliphatic carbocycles. The van der Waals surface area contributed by atoms with Crippen LogP contribution in [0.25, 0.3) is 0 Å². The van der Waals surface area contributed by atoms with Gasteiger partial charge in [-0.25, -0.2) is 0 Å². The number of piperidine rings is 1. The highest BCUT2D eigenvalue weighted by atomic mass is 32.2. The summed E-state index contributed by atoms with van der Waals surface area (Å²) >= 11 is 1.56. The monoisotopic (exact) mass is 384 g/mol. The Morgan fingerprint density at radius 1 is 1.15 bits per heavy atom. The van der Waals surface area contributed by atoms with Crippen LogP contribution in [0, 0.1) is 5.92 Å². The van der Waals surface area contributed by atoms with Gasteiger partial charge in [-0.05, 0) is 44.1 Å². The molecule has 0 radical (unpaired) electrons. The molecule has 1 amide bonds. The molecule has 1 aromatic heterocycles. The summed E-state index contributed by atoms with van der Waals surface area (Å²) in [6, 6.07) is 10.4. The average molecular weight is 385 g/mol. The van der Waals surface area contributed by atoms with Crippen LogP contribution in [-0.4, -0.2) is 43.9 Å². The fraction of sp³-hybridized carbons (Fsp3) is 0.571. The van der Waals surface area contributed by atoms with Crippen molar-refractivity contribution in [2.75, 3.05) is 13.1 Å². The maximum Gasteiger partial charge on any atom is 0.235 e. The first kappa shape index (κ1) is 18.5. The summed E-state index contributed by atoms with van der Waals surface area (Å²) in [4.78, 5) is 14.9. The van der Waals surface area contributed by atoms with Crippen molar-refractivity contribution >= 4 is 17.7 Å². The van der Waals surface area contributed by atoms with E-state index in [1.807, 2.05) is 17.9 Å². The second kappa shape index (κ2) is 8.05. The third-order valence-electron chi connectivity index (χ3n) is 5.60. The van der Waals surface area contributed by atoms with Crippen molar-refractivity contribution in [3.8, 4) is 0 Å². The summed E-state index contributed by atoms with van der Waals surface area (Å²) < 4.78 is 2.22. The third kappa shape index (κ3) is 4.37. The van der Waals surface area contributed by atoms with Crippen LogP contribution in [-0.2, 0) is 11.3 Å². The second-order valence-corrected chi connectivity index (χ2v) is 9.26. The summed E-state index contributed by atoms with van der Waals surface area (Å²) in [6.45, 7) is 6.81. The summed E-state index contributed by atoms with van der Waals surface area (Å²) in [6.07, 6.45) is 4.61. The average Bonchev–Trinajstić information content (AvgIpc) is 3.46. The predicted molar refractivity (Wildman–Crippen MR) is 108 cm³/mol. The highest BCUT2D eigenvalue weighted by molar-refractivity contribution is 8.00. The fourth-order valence-corrected chi connectivity index (χ4v) is 4.58. The molecular formula is C21H28N4OS. The highest BCUT2D eigenvalue weighted by Crippen LogP contribution is 2.40. The van der Waals surface area contributed by atoms with E-state index in [9.17, 15) is 4.79 Å². The molecule has 2 aromatic rings. The molecule has 0 N–H and O–H groups in total. The predicted octanol–water partition coefficient (Wildman–Crippen LogP) is 3.94. The number of hydrogen-bond acceptors (Lipinski definition) is 4. The van der Waals surface area contributed by atoms with Crippen LogP contribution in [0.4, 0.5) is 0 Å². The van der Waals surface area contributed by atoms with Crippen LogP contribution in [0.15, 0.2) is 35.5 Å². The molecule has 27 heavy (non-hydrogen) atoms. The zero-order valence-corrected chi connectivity index (χ0v) is 17.0. The molecule has 1 saturated carbocycles. The second-order valence-electron chi connectivity index (χ2n) is 7.95. The van der Waals surface area contributed by atoms with Crippen molar-refractivity contribution in [1.82, 2.24) is 19.7 Å². The Morgan fingerprint density at radius 2 is 1.85 bits per heavy atom. The Balaban J connectivity index is 1.48. The molecule has 0 bridgehead atoms. The molecule has 2 heterocycles. The van der Waals surface area contributed by atoms with Gasteiger partial charge >= 0.3 is 0 Å². The largest absolute Gasteiger partial charge is 0.342 e. The molecular weight excluding hydrogens is 356 g/mol. The number of rotatable bonds is 6. The molecule has 1 saturated heterocycles. The van der Waals surface area contributed by atoms with Crippen molar-refractivity contribution in [3.63, 3.8) is 0 Å². The lowest BCUT2D eigenvalue weighted by molar-refractivity contribution is -0.131. The summed E-state index contributed by atoms with van der Waals surface area (Å²) in [5.41, 5.74) is 1.24. The summed E-state index contributed by atoms with van der Waals surface area (Å²) in [7, 11) is 0. The van der Waals surface area contributed by atoms with Gasteiger partial charge in [0.2, 0.25) is 5.91 Å². The van der Waals surface area contributed by atoms with Crippen LogP contribution in [0.1, 0.15) is 56.8 Å². The van der Waals surface area contributed by atoms with Crippen LogP contribution >= 0.6 is 11.8 Å². The van der Waals surface area contributed by atoms with Crippen molar-refractivity contribution in [3.05, 3.63) is 41.7 Å². The standard InChI is InChI=1S/C21H28N4OS/c1-15-10-12-24(13-11-15)20(26)16(2)27-21-23-22-19(18-8-9-18)25(21)14-17-6-4-3-5-7-17/h3-7,15-16,18H,8-14H2,1-2H3/t16-/m0/s1. The first-order chi connectivity index (χ1) is 13.1. The number of aromatic nitrogens is 3. The number of carbonyl (C=O) groups excluding carboxylic acids is 1. The van der Waals surface area contributed by atoms with Gasteiger partial charge in [0.15, 0.2) is 5.16 Å². The number of amides is 1. The van der Waals surface area contributed by atoms with E-state index in [0.717, 1.165) is 49.4 Å². The van der Waals surface area contributed by atoms with Gasteiger partial charge < -0.3 is 9.47 Å². The Hall–Kier alpha value is -1.82. The minimum atomic E-state index is -0.135. The fourth-order valence-electron chi connectivity index (χ4n) is 3.64. The van der Waals surface area contributed by atoms with E-state index in [1.54, 1.807) is 11.8 Å². The lowest BCUT2D eigenvalue weighted by Crippen LogP contribution is -2.41. The van der Waals surface area contributed by atoms with E-state index in [4.69, 9.17) is 0 Å². The quantitative estimate of drug-likeness (QED) is 0.708. The smallest absolute Gasteiger partial charge is 0.235 e. The van der Waals surface area contributed by atoms with Gasteiger partial charge in [0.1, 0.15) is 5.82 Å². The first-order valence-electron chi connectivity index (χ1n) is 10.0. The Morgan fingerprint density at radius 3 is 2.52 bits per heavy atom. The maximum atomic E-state index is 12.9. The SMILES string of the molecule is CC1CCN(C(=O)[C@H](C)Sc2nnc(C3CC3)n2Cc2ccccc2)CC1. The lowest BCUT2D eigenvalue weighted by Gasteiger charge is -2.32. The molecule has 1 aromatic carbocycles. The van der Waals surface area contributed by atoms with Crippen molar-refractivity contribution in [1.29, 1.82) is 0 Å². The minimum absolute atomic E-state index is 0.135. The number of likely N-dealkylation sites (tertiary alicyclic amines) is 1. The van der Waals surface area contributed by atoms with Crippen LogP contribution in [0.5, 0.6) is 0 Å². The van der Waals surface area contributed by atoms with E-state index >= 15 is 0 Å². The van der Waals surface area contributed by atoms with Gasteiger partial charge in [0.05, 0.1) is 11.8 Å². The van der Waals surface area contributed by atoms with Crippen molar-refractivity contribution in [2.24, 2.45) is 5.92 Å². The summed E-state index contributed by atoms with van der Waals surface area (Å²) in [5.74, 6) is 2.57. The number of carbonyl (C=O) groups is 1. The topological polar surface area (TPSA) is 51.0 Å². The van der Waals surface area contributed by atoms with E-state index in [0.29, 0.717) is 5.92 Å². The molecule has 2 aliphatic rings. The number of hydrogen-bond donors (Lipinski definition) is 0. The molecule has 144 valence electrons. The van der Waals surface area contributed by atoms with Gasteiger partial charge in [-0.3, -0.25) is 4.79 Å². The molecule has 2 fully saturated rings. The van der Waals surface area contributed by atoms with Crippen molar-refractivity contribution < 1.29 is 4.79 Å².